The number of terminal acetylenes is 1. The molecule has 1 aliphatic rings. The minimum absolute atomic E-state index is 0.305. The van der Waals surface area contributed by atoms with Crippen LogP contribution in [-0.2, 0) is 0 Å². The Morgan fingerprint density at radius 3 is 2.85 bits per heavy atom. The molecule has 0 saturated carbocycles. The van der Waals surface area contributed by atoms with E-state index >= 15 is 0 Å². The summed E-state index contributed by atoms with van der Waals surface area (Å²) in [6.45, 7) is 3.81. The summed E-state index contributed by atoms with van der Waals surface area (Å²) >= 11 is 0. The molecular weight excluding hydrogens is 166 g/mol. The van der Waals surface area contributed by atoms with Gasteiger partial charge in [-0.15, -0.1) is 6.42 Å². The quantitative estimate of drug-likeness (QED) is 0.597. The van der Waals surface area contributed by atoms with E-state index in [4.69, 9.17) is 6.42 Å². The average molecular weight is 183 g/mol. The molecule has 0 aromatic carbocycles. The summed E-state index contributed by atoms with van der Waals surface area (Å²) in [6, 6.07) is 0. The molecule has 1 rings (SSSR count). The smallest absolute Gasteiger partial charge is 0.139 e. The van der Waals surface area contributed by atoms with Crippen molar-refractivity contribution in [2.75, 3.05) is 19.6 Å². The van der Waals surface area contributed by atoms with Gasteiger partial charge in [0.2, 0.25) is 0 Å². The Kier molecular flexibility index (Phi) is 3.32. The number of nitrogens with zero attached hydrogens (tertiary/aromatic N) is 1. The molecule has 0 aliphatic carbocycles. The van der Waals surface area contributed by atoms with E-state index in [1.807, 2.05) is 11.8 Å². The molecule has 0 spiro atoms. The fraction of sp³-hybridized carbons (Fsp3) is 0.800. The van der Waals surface area contributed by atoms with Crippen molar-refractivity contribution in [1.29, 1.82) is 0 Å². The maximum atomic E-state index is 9.70. The number of rotatable bonds is 3. The highest BCUT2D eigenvalue weighted by molar-refractivity contribution is 5.12. The van der Waals surface area contributed by atoms with E-state index in [1.165, 1.54) is 0 Å². The summed E-state index contributed by atoms with van der Waals surface area (Å²) < 4.78 is 0. The Morgan fingerprint density at radius 1 is 1.69 bits per heavy atom. The van der Waals surface area contributed by atoms with Gasteiger partial charge in [0.1, 0.15) is 5.60 Å². The van der Waals surface area contributed by atoms with Crippen LogP contribution >= 0.6 is 0 Å². The van der Waals surface area contributed by atoms with Gasteiger partial charge in [0.15, 0.2) is 0 Å². The summed E-state index contributed by atoms with van der Waals surface area (Å²) in [5.74, 6) is 2.39. The fourth-order valence-electron chi connectivity index (χ4n) is 1.57. The third kappa shape index (κ3) is 2.70. The number of β-amino-alcohol motifs (C(OH)–C–C–N with tert-alkyl or cyclic N) is 2. The molecule has 1 aliphatic heterocycles. The van der Waals surface area contributed by atoms with E-state index in [9.17, 15) is 10.2 Å². The Hall–Kier alpha value is -0.560. The van der Waals surface area contributed by atoms with Crippen LogP contribution in [0, 0.1) is 12.3 Å². The first kappa shape index (κ1) is 10.5. The van der Waals surface area contributed by atoms with Gasteiger partial charge < -0.3 is 10.2 Å². The van der Waals surface area contributed by atoms with Crippen LogP contribution < -0.4 is 0 Å². The van der Waals surface area contributed by atoms with Gasteiger partial charge in [-0.3, -0.25) is 4.90 Å². The van der Waals surface area contributed by atoms with Crippen LogP contribution in [0.2, 0.25) is 0 Å². The molecular formula is C10H17NO2. The van der Waals surface area contributed by atoms with E-state index in [0.717, 1.165) is 13.0 Å². The van der Waals surface area contributed by atoms with Gasteiger partial charge in [-0.2, -0.15) is 0 Å². The van der Waals surface area contributed by atoms with Crippen LogP contribution in [0.15, 0.2) is 0 Å². The highest BCUT2D eigenvalue weighted by atomic mass is 16.3. The van der Waals surface area contributed by atoms with Crippen molar-refractivity contribution in [1.82, 2.24) is 4.90 Å². The predicted octanol–water partition coefficient (Wildman–Crippen LogP) is -0.173. The molecule has 1 heterocycles. The highest BCUT2D eigenvalue weighted by Crippen LogP contribution is 2.20. The lowest BCUT2D eigenvalue weighted by Gasteiger charge is -2.20. The number of hydrogen-bond donors (Lipinski definition) is 2. The van der Waals surface area contributed by atoms with Crippen LogP contribution in [0.1, 0.15) is 19.8 Å². The minimum Gasteiger partial charge on any atom is -0.392 e. The topological polar surface area (TPSA) is 43.7 Å². The molecule has 74 valence electrons. The van der Waals surface area contributed by atoms with Gasteiger partial charge >= 0.3 is 0 Å². The molecule has 3 heteroatoms. The van der Waals surface area contributed by atoms with Crippen molar-refractivity contribution < 1.29 is 10.2 Å². The van der Waals surface area contributed by atoms with E-state index < -0.39 is 5.60 Å². The lowest BCUT2D eigenvalue weighted by atomic mass is 10.1. The van der Waals surface area contributed by atoms with Crippen molar-refractivity contribution in [2.24, 2.45) is 0 Å². The van der Waals surface area contributed by atoms with Gasteiger partial charge in [0.05, 0.1) is 6.10 Å². The second-order valence-electron chi connectivity index (χ2n) is 3.72. The first-order valence-electron chi connectivity index (χ1n) is 4.70. The van der Waals surface area contributed by atoms with E-state index in [0.29, 0.717) is 19.5 Å². The number of aliphatic hydroxyl groups excluding tert-OH is 1. The molecule has 13 heavy (non-hydrogen) atoms. The van der Waals surface area contributed by atoms with Gasteiger partial charge in [0, 0.05) is 26.1 Å². The van der Waals surface area contributed by atoms with Gasteiger partial charge in [-0.1, -0.05) is 12.8 Å². The van der Waals surface area contributed by atoms with Gasteiger partial charge in [0.25, 0.3) is 0 Å². The molecule has 0 bridgehead atoms. The first-order valence-corrected chi connectivity index (χ1v) is 4.70. The maximum absolute atomic E-state index is 9.70. The molecule has 3 nitrogen and oxygen atoms in total. The third-order valence-electron chi connectivity index (χ3n) is 2.54. The lowest BCUT2D eigenvalue weighted by molar-refractivity contribution is 0.0858. The van der Waals surface area contributed by atoms with Gasteiger partial charge in [-0.05, 0) is 6.42 Å². The van der Waals surface area contributed by atoms with Crippen LogP contribution in [-0.4, -0.2) is 46.5 Å². The van der Waals surface area contributed by atoms with Crippen LogP contribution in [0.25, 0.3) is 0 Å². The number of aliphatic hydroxyl groups is 2. The molecule has 2 N–H and O–H groups in total. The van der Waals surface area contributed by atoms with Crippen molar-refractivity contribution in [3.05, 3.63) is 0 Å². The number of likely N-dealkylation sites (tertiary alicyclic amines) is 1. The third-order valence-corrected chi connectivity index (χ3v) is 2.54. The average Bonchev–Trinajstić information content (AvgIpc) is 2.48. The summed E-state index contributed by atoms with van der Waals surface area (Å²) in [7, 11) is 0. The van der Waals surface area contributed by atoms with Crippen LogP contribution in [0.5, 0.6) is 0 Å². The largest absolute Gasteiger partial charge is 0.392 e. The van der Waals surface area contributed by atoms with E-state index in [-0.39, 0.29) is 6.10 Å². The van der Waals surface area contributed by atoms with E-state index in [2.05, 4.69) is 5.92 Å². The van der Waals surface area contributed by atoms with Crippen molar-refractivity contribution in [3.8, 4) is 12.3 Å². The summed E-state index contributed by atoms with van der Waals surface area (Å²) in [4.78, 5) is 2.01. The minimum atomic E-state index is -0.965. The second-order valence-corrected chi connectivity index (χ2v) is 3.72. The SMILES string of the molecule is C#CC1(O)CCN(C[C@H](O)CC)C1. The Labute approximate surface area is 79.4 Å². The maximum Gasteiger partial charge on any atom is 0.139 e. The molecule has 0 aromatic rings. The molecule has 0 amide bonds. The normalized spacial score (nSPS) is 31.5. The highest BCUT2D eigenvalue weighted by Gasteiger charge is 2.34. The summed E-state index contributed by atoms with van der Waals surface area (Å²) in [6.07, 6.45) is 6.25. The van der Waals surface area contributed by atoms with Crippen LogP contribution in [0.4, 0.5) is 0 Å². The summed E-state index contributed by atoms with van der Waals surface area (Å²) in [5, 5.41) is 19.1. The Balaban J connectivity index is 2.38. The molecule has 2 atom stereocenters. The van der Waals surface area contributed by atoms with Crippen molar-refractivity contribution in [2.45, 2.75) is 31.5 Å². The van der Waals surface area contributed by atoms with Crippen molar-refractivity contribution in [3.63, 3.8) is 0 Å². The zero-order valence-corrected chi connectivity index (χ0v) is 8.03. The molecule has 1 saturated heterocycles. The molecule has 1 fully saturated rings. The zero-order chi connectivity index (χ0) is 9.90. The lowest BCUT2D eigenvalue weighted by Crippen LogP contribution is -2.35. The molecule has 0 aromatic heterocycles. The standard InChI is InChI=1S/C10H17NO2/c1-3-9(12)7-11-6-5-10(13,4-2)8-11/h2,9,12-13H,3,5-8H2,1H3/t9-,10?/m1/s1. The molecule has 0 radical (unpaired) electrons. The van der Waals surface area contributed by atoms with E-state index in [1.54, 1.807) is 0 Å². The monoisotopic (exact) mass is 183 g/mol. The van der Waals surface area contributed by atoms with Gasteiger partial charge in [-0.25, -0.2) is 0 Å². The summed E-state index contributed by atoms with van der Waals surface area (Å²) in [5.41, 5.74) is -0.965. The number of hydrogen-bond acceptors (Lipinski definition) is 3. The predicted molar refractivity (Wildman–Crippen MR) is 51.1 cm³/mol. The Morgan fingerprint density at radius 2 is 2.38 bits per heavy atom. The molecule has 1 unspecified atom stereocenters. The first-order chi connectivity index (χ1) is 6.09. The zero-order valence-electron chi connectivity index (χ0n) is 8.03. The van der Waals surface area contributed by atoms with Crippen molar-refractivity contribution >= 4 is 0 Å². The second kappa shape index (κ2) is 4.10. The Bertz CT molecular complexity index is 211. The van der Waals surface area contributed by atoms with Crippen LogP contribution in [0.3, 0.4) is 0 Å². The fourth-order valence-corrected chi connectivity index (χ4v) is 1.57.